The number of ether oxygens (including phenoxy) is 3. The van der Waals surface area contributed by atoms with Gasteiger partial charge in [0.15, 0.2) is 6.29 Å². The molecule has 9 heteroatoms. The van der Waals surface area contributed by atoms with E-state index in [1.807, 2.05) is 6.92 Å². The van der Waals surface area contributed by atoms with E-state index in [0.29, 0.717) is 10.8 Å². The van der Waals surface area contributed by atoms with Gasteiger partial charge >= 0.3 is 0 Å². The Hall–Kier alpha value is -1.42. The number of hydrogen-bond acceptors (Lipinski definition) is 7. The van der Waals surface area contributed by atoms with Crippen LogP contribution in [-0.2, 0) is 14.3 Å². The van der Waals surface area contributed by atoms with Crippen molar-refractivity contribution in [3.8, 4) is 5.75 Å². The fourth-order valence-corrected chi connectivity index (χ4v) is 2.93. The van der Waals surface area contributed by atoms with E-state index in [9.17, 15) is 20.1 Å². The molecule has 1 amide bonds. The van der Waals surface area contributed by atoms with Crippen molar-refractivity contribution in [2.45, 2.75) is 44.5 Å². The van der Waals surface area contributed by atoms with Crippen LogP contribution in [0.25, 0.3) is 0 Å². The summed E-state index contributed by atoms with van der Waals surface area (Å²) in [6, 6.07) is 4.27. The van der Waals surface area contributed by atoms with Crippen LogP contribution in [0.1, 0.15) is 12.5 Å². The molecule has 1 aromatic rings. The quantitative estimate of drug-likeness (QED) is 0.484. The monoisotopic (exact) mass is 389 g/mol. The summed E-state index contributed by atoms with van der Waals surface area (Å²) < 4.78 is 16.6. The summed E-state index contributed by atoms with van der Waals surface area (Å²) in [7, 11) is 0. The fraction of sp³-hybridized carbons (Fsp3) is 0.588. The Morgan fingerprint density at radius 3 is 2.65 bits per heavy atom. The Balaban J connectivity index is 1.92. The van der Waals surface area contributed by atoms with Crippen LogP contribution in [0.2, 0.25) is 5.02 Å². The number of aryl methyl sites for hydroxylation is 1. The number of carbonyl (C=O) groups is 1. The van der Waals surface area contributed by atoms with Crippen LogP contribution in [0.3, 0.4) is 0 Å². The highest BCUT2D eigenvalue weighted by molar-refractivity contribution is 6.30. The summed E-state index contributed by atoms with van der Waals surface area (Å²) in [5.74, 6) is 0.249. The zero-order valence-electron chi connectivity index (χ0n) is 14.6. The van der Waals surface area contributed by atoms with Crippen LogP contribution >= 0.6 is 11.6 Å². The second kappa shape index (κ2) is 9.50. The minimum absolute atomic E-state index is 0.101. The van der Waals surface area contributed by atoms with E-state index in [-0.39, 0.29) is 13.2 Å². The molecule has 0 aliphatic carbocycles. The smallest absolute Gasteiger partial charge is 0.217 e. The molecule has 26 heavy (non-hydrogen) atoms. The second-order valence-corrected chi connectivity index (χ2v) is 6.50. The first kappa shape index (κ1) is 20.9. The molecule has 0 unspecified atom stereocenters. The Morgan fingerprint density at radius 1 is 1.31 bits per heavy atom. The topological polar surface area (TPSA) is 117 Å². The van der Waals surface area contributed by atoms with E-state index in [0.717, 1.165) is 5.56 Å². The average Bonchev–Trinajstić information content (AvgIpc) is 2.58. The van der Waals surface area contributed by atoms with Crippen molar-refractivity contribution in [1.82, 2.24) is 5.32 Å². The normalized spacial score (nSPS) is 28.6. The van der Waals surface area contributed by atoms with Gasteiger partial charge in [-0.3, -0.25) is 4.79 Å². The molecule has 1 fully saturated rings. The Kier molecular flexibility index (Phi) is 7.63. The minimum Gasteiger partial charge on any atom is -0.491 e. The molecule has 1 heterocycles. The van der Waals surface area contributed by atoms with Gasteiger partial charge in [0.2, 0.25) is 5.91 Å². The van der Waals surface area contributed by atoms with E-state index < -0.39 is 43.2 Å². The summed E-state index contributed by atoms with van der Waals surface area (Å²) in [4.78, 5) is 11.3. The van der Waals surface area contributed by atoms with Crippen LogP contribution in [-0.4, -0.2) is 71.7 Å². The van der Waals surface area contributed by atoms with Crippen molar-refractivity contribution in [3.63, 3.8) is 0 Å². The van der Waals surface area contributed by atoms with Crippen LogP contribution in [0.5, 0.6) is 5.75 Å². The fourth-order valence-electron chi connectivity index (χ4n) is 2.70. The van der Waals surface area contributed by atoms with Crippen LogP contribution < -0.4 is 10.1 Å². The maximum atomic E-state index is 11.3. The molecule has 146 valence electrons. The van der Waals surface area contributed by atoms with Crippen molar-refractivity contribution in [3.05, 3.63) is 28.8 Å². The Bertz CT molecular complexity index is 615. The molecule has 4 N–H and O–H groups in total. The molecule has 1 aliphatic heterocycles. The number of rotatable bonds is 7. The van der Waals surface area contributed by atoms with Crippen molar-refractivity contribution < 1.29 is 34.3 Å². The van der Waals surface area contributed by atoms with E-state index in [4.69, 9.17) is 25.8 Å². The predicted octanol–water partition coefficient (Wildman–Crippen LogP) is -0.0125. The third kappa shape index (κ3) is 5.29. The summed E-state index contributed by atoms with van der Waals surface area (Å²) in [6.07, 6.45) is -4.73. The first-order valence-corrected chi connectivity index (χ1v) is 8.61. The maximum absolute atomic E-state index is 11.3. The Labute approximate surface area is 156 Å². The number of halogens is 1. The third-order valence-electron chi connectivity index (χ3n) is 4.01. The maximum Gasteiger partial charge on any atom is 0.217 e. The minimum atomic E-state index is -1.34. The lowest BCUT2D eigenvalue weighted by atomic mass is 9.97. The largest absolute Gasteiger partial charge is 0.491 e. The highest BCUT2D eigenvalue weighted by atomic mass is 35.5. The molecular weight excluding hydrogens is 366 g/mol. The highest BCUT2D eigenvalue weighted by Gasteiger charge is 2.45. The summed E-state index contributed by atoms with van der Waals surface area (Å²) >= 11 is 5.89. The molecule has 1 aromatic carbocycles. The number of aliphatic hydroxyl groups excluding tert-OH is 3. The lowest BCUT2D eigenvalue weighted by Crippen LogP contribution is -2.64. The van der Waals surface area contributed by atoms with Gasteiger partial charge in [-0.15, -0.1) is 0 Å². The van der Waals surface area contributed by atoms with Gasteiger partial charge in [0.1, 0.15) is 36.7 Å². The number of benzene rings is 1. The van der Waals surface area contributed by atoms with Gasteiger partial charge < -0.3 is 34.8 Å². The summed E-state index contributed by atoms with van der Waals surface area (Å²) in [5, 5.41) is 32.5. The number of hydrogen-bond donors (Lipinski definition) is 4. The van der Waals surface area contributed by atoms with Crippen LogP contribution in [0.4, 0.5) is 0 Å². The van der Waals surface area contributed by atoms with E-state index in [2.05, 4.69) is 5.32 Å². The number of nitrogens with one attached hydrogen (secondary N) is 1. The van der Waals surface area contributed by atoms with Crippen LogP contribution in [0.15, 0.2) is 18.2 Å². The molecule has 0 radical (unpaired) electrons. The first-order valence-electron chi connectivity index (χ1n) is 8.23. The molecule has 0 saturated carbocycles. The lowest BCUT2D eigenvalue weighted by molar-refractivity contribution is -0.271. The van der Waals surface area contributed by atoms with Gasteiger partial charge in [-0.2, -0.15) is 0 Å². The van der Waals surface area contributed by atoms with Gasteiger partial charge in [-0.05, 0) is 30.7 Å². The Morgan fingerprint density at radius 2 is 2.04 bits per heavy atom. The molecule has 5 atom stereocenters. The number of amides is 1. The molecule has 1 aliphatic rings. The van der Waals surface area contributed by atoms with Gasteiger partial charge in [0, 0.05) is 11.9 Å². The predicted molar refractivity (Wildman–Crippen MR) is 93.0 cm³/mol. The molecule has 0 spiro atoms. The lowest BCUT2D eigenvalue weighted by Gasteiger charge is -2.42. The first-order chi connectivity index (χ1) is 12.3. The molecule has 2 rings (SSSR count). The zero-order valence-corrected chi connectivity index (χ0v) is 15.3. The van der Waals surface area contributed by atoms with E-state index >= 15 is 0 Å². The molecule has 8 nitrogen and oxygen atoms in total. The molecular formula is C17H24ClNO7. The van der Waals surface area contributed by atoms with Crippen molar-refractivity contribution >= 4 is 17.5 Å². The number of carbonyl (C=O) groups excluding carboxylic acids is 1. The zero-order chi connectivity index (χ0) is 19.3. The standard InChI is InChI=1S/C17H24ClNO7/c1-9-7-11(18)3-4-12(9)24-5-6-25-17-14(19-10(2)21)16(23)15(22)13(8-20)26-17/h3-4,7,13-17,20,22-23H,5-6,8H2,1-2H3,(H,19,21)/t13-,14+,15+,16-,17-/m0/s1. The van der Waals surface area contributed by atoms with Gasteiger partial charge in [0.05, 0.1) is 13.2 Å². The SMILES string of the molecule is CC(=O)N[C@H]1[C@@H](OCCOc2ccc(Cl)cc2C)O[C@@H](CO)[C@@H](O)[C@H]1O. The average molecular weight is 390 g/mol. The highest BCUT2D eigenvalue weighted by Crippen LogP contribution is 2.23. The summed E-state index contributed by atoms with van der Waals surface area (Å²) in [6.45, 7) is 2.94. The van der Waals surface area contributed by atoms with Gasteiger partial charge in [0.25, 0.3) is 0 Å². The van der Waals surface area contributed by atoms with Crippen molar-refractivity contribution in [2.75, 3.05) is 19.8 Å². The van der Waals surface area contributed by atoms with E-state index in [1.54, 1.807) is 18.2 Å². The number of aliphatic hydroxyl groups is 3. The molecule has 0 aromatic heterocycles. The van der Waals surface area contributed by atoms with Crippen molar-refractivity contribution in [1.29, 1.82) is 0 Å². The van der Waals surface area contributed by atoms with Gasteiger partial charge in [-0.1, -0.05) is 11.6 Å². The second-order valence-electron chi connectivity index (χ2n) is 6.06. The third-order valence-corrected chi connectivity index (χ3v) is 4.25. The molecule has 0 bridgehead atoms. The van der Waals surface area contributed by atoms with E-state index in [1.165, 1.54) is 6.92 Å². The summed E-state index contributed by atoms with van der Waals surface area (Å²) in [5.41, 5.74) is 0.876. The molecule has 1 saturated heterocycles. The van der Waals surface area contributed by atoms with Crippen LogP contribution in [0, 0.1) is 6.92 Å². The van der Waals surface area contributed by atoms with Crippen molar-refractivity contribution in [2.24, 2.45) is 0 Å². The van der Waals surface area contributed by atoms with Gasteiger partial charge in [-0.25, -0.2) is 0 Å².